The average molecular weight is 305 g/mol. The Bertz CT molecular complexity index is 727. The van der Waals surface area contributed by atoms with E-state index in [4.69, 9.17) is 0 Å². The molecule has 3 rings (SSSR count). The molecule has 118 valence electrons. The summed E-state index contributed by atoms with van der Waals surface area (Å²) in [5, 5.41) is 7.89. The molecule has 0 saturated heterocycles. The van der Waals surface area contributed by atoms with Crippen LogP contribution in [0.2, 0.25) is 0 Å². The molecule has 2 aromatic carbocycles. The lowest BCUT2D eigenvalue weighted by Crippen LogP contribution is -2.00. The summed E-state index contributed by atoms with van der Waals surface area (Å²) in [7, 11) is 0. The van der Waals surface area contributed by atoms with Crippen LogP contribution in [0.3, 0.4) is 0 Å². The monoisotopic (exact) mass is 305 g/mol. The van der Waals surface area contributed by atoms with E-state index in [9.17, 15) is 0 Å². The van der Waals surface area contributed by atoms with Gasteiger partial charge in [-0.2, -0.15) is 5.10 Å². The smallest absolute Gasteiger partial charge is 0.0659 e. The molecule has 0 unspecified atom stereocenters. The fourth-order valence-corrected chi connectivity index (χ4v) is 2.54. The molecule has 1 heterocycles. The number of nitrogens with zero attached hydrogens (tertiary/aromatic N) is 2. The van der Waals surface area contributed by atoms with Gasteiger partial charge >= 0.3 is 0 Å². The molecule has 0 fully saturated rings. The molecule has 1 N–H and O–H groups in total. The Morgan fingerprint density at radius 3 is 2.39 bits per heavy atom. The Labute approximate surface area is 138 Å². The van der Waals surface area contributed by atoms with Gasteiger partial charge in [-0.1, -0.05) is 56.3 Å². The largest absolute Gasteiger partial charge is 0.381 e. The van der Waals surface area contributed by atoms with Gasteiger partial charge in [0.25, 0.3) is 0 Å². The van der Waals surface area contributed by atoms with Crippen molar-refractivity contribution in [1.29, 1.82) is 0 Å². The van der Waals surface area contributed by atoms with Gasteiger partial charge in [-0.25, -0.2) is 0 Å². The standard InChI is InChI=1S/C20H23N3/c1-16(2)19-8-10-20(11-9-19)21-12-18-13-22-23(15-18)14-17-6-4-3-5-7-17/h3-11,13,15-16,21H,12,14H2,1-2H3. The van der Waals surface area contributed by atoms with Gasteiger partial charge in [-0.3, -0.25) is 4.68 Å². The Hall–Kier alpha value is -2.55. The summed E-state index contributed by atoms with van der Waals surface area (Å²) in [6.07, 6.45) is 4.03. The van der Waals surface area contributed by atoms with Crippen molar-refractivity contribution in [3.05, 3.63) is 83.7 Å². The second kappa shape index (κ2) is 7.14. The molecule has 3 heteroatoms. The van der Waals surface area contributed by atoms with Crippen molar-refractivity contribution in [2.75, 3.05) is 5.32 Å². The lowest BCUT2D eigenvalue weighted by atomic mass is 10.0. The van der Waals surface area contributed by atoms with Crippen LogP contribution in [0, 0.1) is 0 Å². The summed E-state index contributed by atoms with van der Waals surface area (Å²) in [5.41, 5.74) is 4.96. The van der Waals surface area contributed by atoms with Crippen molar-refractivity contribution in [3.63, 3.8) is 0 Å². The molecule has 1 aromatic heterocycles. The molecule has 0 aliphatic rings. The second-order valence-electron chi connectivity index (χ2n) is 6.16. The maximum absolute atomic E-state index is 4.44. The number of hydrogen-bond donors (Lipinski definition) is 1. The summed E-state index contributed by atoms with van der Waals surface area (Å²) >= 11 is 0. The predicted octanol–water partition coefficient (Wildman–Crippen LogP) is 4.67. The first-order valence-electron chi connectivity index (χ1n) is 8.10. The summed E-state index contributed by atoms with van der Waals surface area (Å²) in [4.78, 5) is 0. The molecular weight excluding hydrogens is 282 g/mol. The van der Waals surface area contributed by atoms with E-state index in [2.05, 4.69) is 79.0 Å². The van der Waals surface area contributed by atoms with Crippen LogP contribution in [0.25, 0.3) is 0 Å². The molecular formula is C20H23N3. The maximum Gasteiger partial charge on any atom is 0.0659 e. The molecule has 0 spiro atoms. The van der Waals surface area contributed by atoms with Gasteiger partial charge in [-0.15, -0.1) is 0 Å². The van der Waals surface area contributed by atoms with Crippen molar-refractivity contribution < 1.29 is 0 Å². The molecule has 3 aromatic rings. The molecule has 0 amide bonds. The summed E-state index contributed by atoms with van der Waals surface area (Å²) in [5.74, 6) is 0.570. The van der Waals surface area contributed by atoms with Crippen molar-refractivity contribution in [2.45, 2.75) is 32.9 Å². The van der Waals surface area contributed by atoms with Gasteiger partial charge in [0.1, 0.15) is 0 Å². The molecule has 23 heavy (non-hydrogen) atoms. The van der Waals surface area contributed by atoms with E-state index in [1.807, 2.05) is 16.9 Å². The molecule has 0 atom stereocenters. The molecule has 0 aliphatic heterocycles. The number of rotatable bonds is 6. The fourth-order valence-electron chi connectivity index (χ4n) is 2.54. The van der Waals surface area contributed by atoms with E-state index >= 15 is 0 Å². The van der Waals surface area contributed by atoms with Crippen LogP contribution in [0.4, 0.5) is 5.69 Å². The normalized spacial score (nSPS) is 10.9. The van der Waals surface area contributed by atoms with E-state index in [0.29, 0.717) is 5.92 Å². The van der Waals surface area contributed by atoms with Gasteiger partial charge in [0.2, 0.25) is 0 Å². The number of hydrogen-bond acceptors (Lipinski definition) is 2. The van der Waals surface area contributed by atoms with Gasteiger partial charge in [-0.05, 0) is 29.2 Å². The highest BCUT2D eigenvalue weighted by molar-refractivity contribution is 5.45. The first kappa shape index (κ1) is 15.3. The van der Waals surface area contributed by atoms with E-state index < -0.39 is 0 Å². The van der Waals surface area contributed by atoms with Gasteiger partial charge in [0, 0.05) is 24.0 Å². The Kier molecular flexibility index (Phi) is 4.77. The van der Waals surface area contributed by atoms with Gasteiger partial charge in [0.15, 0.2) is 0 Å². The SMILES string of the molecule is CC(C)c1ccc(NCc2cnn(Cc3ccccc3)c2)cc1. The third-order valence-corrected chi connectivity index (χ3v) is 3.95. The predicted molar refractivity (Wildman–Crippen MR) is 95.6 cm³/mol. The minimum Gasteiger partial charge on any atom is -0.381 e. The topological polar surface area (TPSA) is 29.9 Å². The number of nitrogens with one attached hydrogen (secondary N) is 1. The van der Waals surface area contributed by atoms with Crippen LogP contribution >= 0.6 is 0 Å². The van der Waals surface area contributed by atoms with Crippen molar-refractivity contribution >= 4 is 5.69 Å². The number of anilines is 1. The third kappa shape index (κ3) is 4.22. The van der Waals surface area contributed by atoms with Crippen LogP contribution in [-0.4, -0.2) is 9.78 Å². The molecule has 0 radical (unpaired) electrons. The average Bonchev–Trinajstić information content (AvgIpc) is 3.02. The fraction of sp³-hybridized carbons (Fsp3) is 0.250. The Morgan fingerprint density at radius 2 is 1.70 bits per heavy atom. The molecule has 0 saturated carbocycles. The van der Waals surface area contributed by atoms with Crippen LogP contribution in [0.15, 0.2) is 67.0 Å². The minimum absolute atomic E-state index is 0.570. The quantitative estimate of drug-likeness (QED) is 0.717. The first-order chi connectivity index (χ1) is 11.2. The zero-order valence-electron chi connectivity index (χ0n) is 13.7. The van der Waals surface area contributed by atoms with Crippen LogP contribution in [0.5, 0.6) is 0 Å². The zero-order chi connectivity index (χ0) is 16.1. The van der Waals surface area contributed by atoms with Gasteiger partial charge in [0.05, 0.1) is 12.7 Å². The Morgan fingerprint density at radius 1 is 0.957 bits per heavy atom. The molecule has 3 nitrogen and oxygen atoms in total. The van der Waals surface area contributed by atoms with Crippen LogP contribution in [0.1, 0.15) is 36.5 Å². The minimum atomic E-state index is 0.570. The summed E-state index contributed by atoms with van der Waals surface area (Å²) in [6, 6.07) is 19.0. The van der Waals surface area contributed by atoms with Crippen molar-refractivity contribution in [3.8, 4) is 0 Å². The van der Waals surface area contributed by atoms with Gasteiger partial charge < -0.3 is 5.32 Å². The molecule has 0 aliphatic carbocycles. The van der Waals surface area contributed by atoms with E-state index in [0.717, 1.165) is 18.8 Å². The maximum atomic E-state index is 4.44. The Balaban J connectivity index is 1.56. The van der Waals surface area contributed by atoms with Crippen molar-refractivity contribution in [2.24, 2.45) is 0 Å². The second-order valence-corrected chi connectivity index (χ2v) is 6.16. The van der Waals surface area contributed by atoms with Crippen LogP contribution < -0.4 is 5.32 Å². The lowest BCUT2D eigenvalue weighted by molar-refractivity contribution is 0.686. The van der Waals surface area contributed by atoms with E-state index in [1.165, 1.54) is 16.7 Å². The number of benzene rings is 2. The highest BCUT2D eigenvalue weighted by Gasteiger charge is 2.01. The van der Waals surface area contributed by atoms with Crippen molar-refractivity contribution in [1.82, 2.24) is 9.78 Å². The summed E-state index contributed by atoms with van der Waals surface area (Å²) in [6.45, 7) is 6.02. The summed E-state index contributed by atoms with van der Waals surface area (Å²) < 4.78 is 1.98. The number of aromatic nitrogens is 2. The lowest BCUT2D eigenvalue weighted by Gasteiger charge is -2.08. The van der Waals surface area contributed by atoms with E-state index in [1.54, 1.807) is 0 Å². The highest BCUT2D eigenvalue weighted by atomic mass is 15.3. The highest BCUT2D eigenvalue weighted by Crippen LogP contribution is 2.17. The first-order valence-corrected chi connectivity index (χ1v) is 8.10. The zero-order valence-corrected chi connectivity index (χ0v) is 13.7. The third-order valence-electron chi connectivity index (χ3n) is 3.95. The molecule has 0 bridgehead atoms. The van der Waals surface area contributed by atoms with E-state index in [-0.39, 0.29) is 0 Å². The van der Waals surface area contributed by atoms with Crippen LogP contribution in [-0.2, 0) is 13.1 Å².